The van der Waals surface area contributed by atoms with Gasteiger partial charge in [0.25, 0.3) is 0 Å². The molecule has 0 aromatic heterocycles. The Balaban J connectivity index is 2.21. The van der Waals surface area contributed by atoms with E-state index in [4.69, 9.17) is 9.47 Å². The normalized spacial score (nSPS) is 12.4. The number of nitrogens with zero attached hydrogens (tertiary/aromatic N) is 1. The van der Waals surface area contributed by atoms with Crippen molar-refractivity contribution in [3.05, 3.63) is 53.1 Å². The molecule has 0 fully saturated rings. The highest BCUT2D eigenvalue weighted by Crippen LogP contribution is 2.29. The van der Waals surface area contributed by atoms with Crippen molar-refractivity contribution in [1.82, 2.24) is 5.32 Å². The molecule has 2 rings (SSSR count). The second-order valence-electron chi connectivity index (χ2n) is 7.89. The fourth-order valence-corrected chi connectivity index (χ4v) is 4.47. The molecule has 1 amide bonds. The first-order valence-electron chi connectivity index (χ1n) is 10.1. The van der Waals surface area contributed by atoms with Crippen LogP contribution in [0.2, 0.25) is 0 Å². The Morgan fingerprint density at radius 2 is 1.74 bits per heavy atom. The van der Waals surface area contributed by atoms with Crippen LogP contribution >= 0.6 is 0 Å². The number of aryl methyl sites for hydroxylation is 2. The molecule has 0 heterocycles. The van der Waals surface area contributed by atoms with Crippen molar-refractivity contribution < 1.29 is 22.7 Å². The van der Waals surface area contributed by atoms with E-state index in [0.717, 1.165) is 22.9 Å². The standard InChI is InChI=1S/C23H32N2O5S/c1-15(2)30-21-11-10-19(13-22(21)29-6)14-24-23(26)18(5)25(31(7,27)28)20-12-16(3)8-9-17(20)4/h8-13,15,18H,14H2,1-7H3,(H,24,26). The minimum Gasteiger partial charge on any atom is -0.493 e. The first kappa shape index (κ1) is 24.5. The minimum atomic E-state index is -3.68. The van der Waals surface area contributed by atoms with E-state index in [1.807, 2.05) is 45.9 Å². The van der Waals surface area contributed by atoms with E-state index < -0.39 is 22.0 Å². The predicted octanol–water partition coefficient (Wildman–Crippen LogP) is 3.57. The maximum atomic E-state index is 12.9. The quantitative estimate of drug-likeness (QED) is 0.634. The van der Waals surface area contributed by atoms with Gasteiger partial charge in [-0.3, -0.25) is 9.10 Å². The van der Waals surface area contributed by atoms with E-state index in [2.05, 4.69) is 5.32 Å². The van der Waals surface area contributed by atoms with E-state index in [-0.39, 0.29) is 12.6 Å². The molecule has 0 spiro atoms. The van der Waals surface area contributed by atoms with E-state index >= 15 is 0 Å². The molecular weight excluding hydrogens is 416 g/mol. The van der Waals surface area contributed by atoms with E-state index in [9.17, 15) is 13.2 Å². The summed E-state index contributed by atoms with van der Waals surface area (Å²) < 4.78 is 37.3. The molecule has 0 aliphatic carbocycles. The molecule has 0 saturated heterocycles. The zero-order valence-electron chi connectivity index (χ0n) is 19.2. The van der Waals surface area contributed by atoms with E-state index in [1.54, 1.807) is 32.2 Å². The van der Waals surface area contributed by atoms with Crippen molar-refractivity contribution in [3.8, 4) is 11.5 Å². The number of hydrogen-bond acceptors (Lipinski definition) is 5. The van der Waals surface area contributed by atoms with Crippen molar-refractivity contribution in [2.24, 2.45) is 0 Å². The zero-order valence-corrected chi connectivity index (χ0v) is 20.0. The van der Waals surface area contributed by atoms with Crippen LogP contribution in [0.5, 0.6) is 11.5 Å². The molecule has 1 unspecified atom stereocenters. The summed E-state index contributed by atoms with van der Waals surface area (Å²) in [6, 6.07) is 10.0. The molecule has 0 bridgehead atoms. The van der Waals surface area contributed by atoms with E-state index in [1.165, 1.54) is 4.31 Å². The molecular formula is C23H32N2O5S. The van der Waals surface area contributed by atoms with Crippen LogP contribution in [-0.4, -0.2) is 39.8 Å². The van der Waals surface area contributed by atoms with Crippen molar-refractivity contribution in [2.45, 2.75) is 53.3 Å². The van der Waals surface area contributed by atoms with Crippen molar-refractivity contribution in [2.75, 3.05) is 17.7 Å². The number of carbonyl (C=O) groups excluding carboxylic acids is 1. The average Bonchev–Trinajstić information content (AvgIpc) is 2.68. The van der Waals surface area contributed by atoms with Gasteiger partial charge in [0.1, 0.15) is 6.04 Å². The summed E-state index contributed by atoms with van der Waals surface area (Å²) in [5.41, 5.74) is 3.01. The van der Waals surface area contributed by atoms with Crippen LogP contribution in [0.3, 0.4) is 0 Å². The highest BCUT2D eigenvalue weighted by Gasteiger charge is 2.30. The number of anilines is 1. The molecule has 0 aliphatic heterocycles. The van der Waals surface area contributed by atoms with Gasteiger partial charge in [-0.1, -0.05) is 18.2 Å². The molecule has 8 heteroatoms. The Morgan fingerprint density at radius 1 is 1.06 bits per heavy atom. The highest BCUT2D eigenvalue weighted by atomic mass is 32.2. The molecule has 1 atom stereocenters. The first-order valence-corrected chi connectivity index (χ1v) is 12.0. The van der Waals surface area contributed by atoms with Crippen LogP contribution in [0.1, 0.15) is 37.5 Å². The van der Waals surface area contributed by atoms with Gasteiger partial charge in [0.2, 0.25) is 15.9 Å². The molecule has 0 aliphatic rings. The molecule has 0 radical (unpaired) electrons. The van der Waals surface area contributed by atoms with Crippen molar-refractivity contribution in [1.29, 1.82) is 0 Å². The lowest BCUT2D eigenvalue weighted by molar-refractivity contribution is -0.122. The third-order valence-corrected chi connectivity index (χ3v) is 5.98. The van der Waals surface area contributed by atoms with Crippen LogP contribution in [-0.2, 0) is 21.4 Å². The number of nitrogens with one attached hydrogen (secondary N) is 1. The number of hydrogen-bond donors (Lipinski definition) is 1. The van der Waals surface area contributed by atoms with Gasteiger partial charge in [0.15, 0.2) is 11.5 Å². The molecule has 1 N–H and O–H groups in total. The van der Waals surface area contributed by atoms with Crippen molar-refractivity contribution >= 4 is 21.6 Å². The third-order valence-electron chi connectivity index (χ3n) is 4.75. The Bertz CT molecular complexity index is 1030. The lowest BCUT2D eigenvalue weighted by atomic mass is 10.1. The van der Waals surface area contributed by atoms with Crippen LogP contribution in [0.15, 0.2) is 36.4 Å². The molecule has 170 valence electrons. The van der Waals surface area contributed by atoms with Gasteiger partial charge in [-0.15, -0.1) is 0 Å². The number of carbonyl (C=O) groups is 1. The Morgan fingerprint density at radius 3 is 2.32 bits per heavy atom. The fraction of sp³-hybridized carbons (Fsp3) is 0.435. The number of rotatable bonds is 9. The number of ether oxygens (including phenoxy) is 2. The first-order chi connectivity index (χ1) is 14.4. The van der Waals surface area contributed by atoms with Gasteiger partial charge in [-0.2, -0.15) is 0 Å². The minimum absolute atomic E-state index is 0.00681. The van der Waals surface area contributed by atoms with Crippen LogP contribution in [0.25, 0.3) is 0 Å². The second kappa shape index (κ2) is 10.0. The Labute approximate surface area is 185 Å². The van der Waals surface area contributed by atoms with Gasteiger partial charge in [-0.25, -0.2) is 8.42 Å². The lowest BCUT2D eigenvalue weighted by Crippen LogP contribution is -2.48. The Kier molecular flexibility index (Phi) is 7.95. The topological polar surface area (TPSA) is 84.9 Å². The summed E-state index contributed by atoms with van der Waals surface area (Å²) in [5, 5.41) is 2.83. The summed E-state index contributed by atoms with van der Waals surface area (Å²) in [6.45, 7) is 9.37. The SMILES string of the molecule is COc1cc(CNC(=O)C(C)N(c2cc(C)ccc2C)S(C)(=O)=O)ccc1OC(C)C. The van der Waals surface area contributed by atoms with Gasteiger partial charge < -0.3 is 14.8 Å². The van der Waals surface area contributed by atoms with Crippen LogP contribution in [0.4, 0.5) is 5.69 Å². The summed E-state index contributed by atoms with van der Waals surface area (Å²) in [6.07, 6.45) is 1.11. The predicted molar refractivity (Wildman–Crippen MR) is 123 cm³/mol. The van der Waals surface area contributed by atoms with Gasteiger partial charge in [0.05, 0.1) is 25.2 Å². The van der Waals surface area contributed by atoms with Crippen LogP contribution in [0, 0.1) is 13.8 Å². The zero-order chi connectivity index (χ0) is 23.3. The van der Waals surface area contributed by atoms with Gasteiger partial charge >= 0.3 is 0 Å². The van der Waals surface area contributed by atoms with E-state index in [0.29, 0.717) is 17.2 Å². The second-order valence-corrected chi connectivity index (χ2v) is 9.75. The summed E-state index contributed by atoms with van der Waals surface area (Å²) in [4.78, 5) is 12.9. The van der Waals surface area contributed by atoms with Gasteiger partial charge in [-0.05, 0) is 69.5 Å². The number of benzene rings is 2. The van der Waals surface area contributed by atoms with Crippen LogP contribution < -0.4 is 19.1 Å². The average molecular weight is 449 g/mol. The smallest absolute Gasteiger partial charge is 0.243 e. The fourth-order valence-electron chi connectivity index (χ4n) is 3.25. The maximum absolute atomic E-state index is 12.9. The molecule has 2 aromatic rings. The largest absolute Gasteiger partial charge is 0.493 e. The maximum Gasteiger partial charge on any atom is 0.243 e. The number of methoxy groups -OCH3 is 1. The van der Waals surface area contributed by atoms with Gasteiger partial charge in [0, 0.05) is 6.54 Å². The monoisotopic (exact) mass is 448 g/mol. The number of sulfonamides is 1. The Hall–Kier alpha value is -2.74. The molecule has 2 aromatic carbocycles. The molecule has 7 nitrogen and oxygen atoms in total. The molecule has 0 saturated carbocycles. The number of amides is 1. The highest BCUT2D eigenvalue weighted by molar-refractivity contribution is 7.92. The lowest BCUT2D eigenvalue weighted by Gasteiger charge is -2.29. The summed E-state index contributed by atoms with van der Waals surface area (Å²) >= 11 is 0. The summed E-state index contributed by atoms with van der Waals surface area (Å²) in [7, 11) is -2.12. The van der Waals surface area contributed by atoms with Crippen molar-refractivity contribution in [3.63, 3.8) is 0 Å². The molecule has 31 heavy (non-hydrogen) atoms. The third kappa shape index (κ3) is 6.37. The summed E-state index contributed by atoms with van der Waals surface area (Å²) in [5.74, 6) is 0.800.